The molecule has 1 aromatic rings. The van der Waals surface area contributed by atoms with Crippen molar-refractivity contribution in [1.29, 1.82) is 0 Å². The van der Waals surface area contributed by atoms with E-state index >= 15 is 0 Å². The molecule has 1 N–H and O–H groups in total. The molecule has 0 saturated carbocycles. The number of likely N-dealkylation sites (tertiary alicyclic amines) is 1. The van der Waals surface area contributed by atoms with E-state index in [1.807, 2.05) is 12.1 Å². The normalized spacial score (nSPS) is 18.7. The van der Waals surface area contributed by atoms with Crippen LogP contribution in [0.5, 0.6) is 0 Å². The smallest absolute Gasteiger partial charge is 0.251 e. The molecule has 2 rings (SSSR count). The second kappa shape index (κ2) is 9.93. The molecule has 1 heterocycles. The van der Waals surface area contributed by atoms with Crippen LogP contribution >= 0.6 is 0 Å². The van der Waals surface area contributed by atoms with Gasteiger partial charge >= 0.3 is 0 Å². The predicted molar refractivity (Wildman–Crippen MR) is 105 cm³/mol. The highest BCUT2D eigenvalue weighted by molar-refractivity contribution is 5.94. The van der Waals surface area contributed by atoms with Crippen LogP contribution in [-0.2, 0) is 6.54 Å². The number of rotatable bonds is 8. The summed E-state index contributed by atoms with van der Waals surface area (Å²) in [7, 11) is 0. The number of piperidine rings is 1. The first-order valence-corrected chi connectivity index (χ1v) is 9.83. The van der Waals surface area contributed by atoms with Gasteiger partial charge in [0.2, 0.25) is 0 Å². The Bertz CT molecular complexity index is 526. The number of hydrogen-bond acceptors (Lipinski definition) is 3. The van der Waals surface area contributed by atoms with Crippen molar-refractivity contribution in [1.82, 2.24) is 15.1 Å². The number of carbonyl (C=O) groups is 1. The van der Waals surface area contributed by atoms with Crippen LogP contribution in [0.15, 0.2) is 24.3 Å². The zero-order valence-electron chi connectivity index (χ0n) is 16.4. The van der Waals surface area contributed by atoms with Crippen LogP contribution < -0.4 is 5.32 Å². The van der Waals surface area contributed by atoms with Gasteiger partial charge < -0.3 is 10.2 Å². The van der Waals surface area contributed by atoms with E-state index in [-0.39, 0.29) is 5.91 Å². The Balaban J connectivity index is 1.77. The summed E-state index contributed by atoms with van der Waals surface area (Å²) in [6.07, 6.45) is 2.61. The molecule has 1 atom stereocenters. The summed E-state index contributed by atoms with van der Waals surface area (Å²) >= 11 is 0. The molecule has 0 spiro atoms. The lowest BCUT2D eigenvalue weighted by Crippen LogP contribution is -2.40. The third-order valence-corrected chi connectivity index (χ3v) is 5.19. The van der Waals surface area contributed by atoms with Crippen molar-refractivity contribution in [3.05, 3.63) is 35.4 Å². The average molecular weight is 346 g/mol. The Kier molecular flexibility index (Phi) is 7.91. The van der Waals surface area contributed by atoms with Gasteiger partial charge in [0.25, 0.3) is 5.91 Å². The summed E-state index contributed by atoms with van der Waals surface area (Å²) in [6, 6.07) is 8.58. The lowest BCUT2D eigenvalue weighted by atomic mass is 10.0. The first kappa shape index (κ1) is 19.9. The molecular formula is C21H35N3O. The Morgan fingerprint density at radius 3 is 2.64 bits per heavy atom. The zero-order valence-corrected chi connectivity index (χ0v) is 16.4. The van der Waals surface area contributed by atoms with Crippen molar-refractivity contribution in [3.63, 3.8) is 0 Å². The Hall–Kier alpha value is -1.39. The third kappa shape index (κ3) is 6.44. The topological polar surface area (TPSA) is 35.6 Å². The fourth-order valence-electron chi connectivity index (χ4n) is 3.57. The van der Waals surface area contributed by atoms with Gasteiger partial charge in [-0.3, -0.25) is 9.69 Å². The number of carbonyl (C=O) groups excluding carboxylic acids is 1. The van der Waals surface area contributed by atoms with Crippen molar-refractivity contribution in [2.45, 2.75) is 53.1 Å². The monoisotopic (exact) mass is 345 g/mol. The first-order chi connectivity index (χ1) is 12.0. The molecule has 1 aliphatic rings. The number of nitrogens with one attached hydrogen (secondary N) is 1. The molecule has 1 fully saturated rings. The molecular weight excluding hydrogens is 310 g/mol. The van der Waals surface area contributed by atoms with Gasteiger partial charge in [0.15, 0.2) is 0 Å². The van der Waals surface area contributed by atoms with Crippen LogP contribution in [0.4, 0.5) is 0 Å². The lowest BCUT2D eigenvalue weighted by molar-refractivity contribution is 0.0943. The quantitative estimate of drug-likeness (QED) is 0.784. The molecule has 0 aliphatic carbocycles. The maximum Gasteiger partial charge on any atom is 0.251 e. The minimum absolute atomic E-state index is 0.0350. The van der Waals surface area contributed by atoms with Gasteiger partial charge in [-0.05, 0) is 63.4 Å². The van der Waals surface area contributed by atoms with E-state index in [1.54, 1.807) is 0 Å². The molecule has 1 unspecified atom stereocenters. The SMILES string of the molecule is CCN(Cc1ccc(C(=O)NCCN2CCCC(C)C2)cc1)C(C)C. The van der Waals surface area contributed by atoms with Gasteiger partial charge in [-0.2, -0.15) is 0 Å². The van der Waals surface area contributed by atoms with E-state index in [2.05, 4.69) is 54.9 Å². The summed E-state index contributed by atoms with van der Waals surface area (Å²) in [5, 5.41) is 3.06. The third-order valence-electron chi connectivity index (χ3n) is 5.19. The van der Waals surface area contributed by atoms with Crippen LogP contribution in [-0.4, -0.2) is 54.5 Å². The van der Waals surface area contributed by atoms with E-state index in [4.69, 9.17) is 0 Å². The molecule has 4 heteroatoms. The molecule has 140 valence electrons. The fourth-order valence-corrected chi connectivity index (χ4v) is 3.57. The first-order valence-electron chi connectivity index (χ1n) is 9.83. The van der Waals surface area contributed by atoms with Crippen LogP contribution in [0.3, 0.4) is 0 Å². The maximum atomic E-state index is 12.3. The van der Waals surface area contributed by atoms with E-state index in [0.29, 0.717) is 6.04 Å². The molecule has 0 radical (unpaired) electrons. The summed E-state index contributed by atoms with van der Waals surface area (Å²) in [6.45, 7) is 14.9. The van der Waals surface area contributed by atoms with Gasteiger partial charge in [0.1, 0.15) is 0 Å². The summed E-state index contributed by atoms with van der Waals surface area (Å²) < 4.78 is 0. The van der Waals surface area contributed by atoms with Gasteiger partial charge in [0.05, 0.1) is 0 Å². The number of amides is 1. The van der Waals surface area contributed by atoms with Gasteiger partial charge in [0, 0.05) is 37.8 Å². The number of hydrogen-bond donors (Lipinski definition) is 1. The second-order valence-electron chi connectivity index (χ2n) is 7.66. The predicted octanol–water partition coefficient (Wildman–Crippen LogP) is 3.38. The zero-order chi connectivity index (χ0) is 18.2. The standard InChI is InChI=1S/C21H35N3O/c1-5-24(17(2)3)16-19-8-10-20(11-9-19)21(25)22-12-14-23-13-6-7-18(4)15-23/h8-11,17-18H,5-7,12-16H2,1-4H3,(H,22,25). The van der Waals surface area contributed by atoms with E-state index < -0.39 is 0 Å². The van der Waals surface area contributed by atoms with Crippen LogP contribution in [0, 0.1) is 5.92 Å². The molecule has 1 amide bonds. The lowest BCUT2D eigenvalue weighted by Gasteiger charge is -2.30. The number of nitrogens with zero attached hydrogens (tertiary/aromatic N) is 2. The molecule has 0 aromatic heterocycles. The Morgan fingerprint density at radius 1 is 1.32 bits per heavy atom. The highest BCUT2D eigenvalue weighted by Crippen LogP contribution is 2.14. The Morgan fingerprint density at radius 2 is 2.04 bits per heavy atom. The van der Waals surface area contributed by atoms with Crippen LogP contribution in [0.25, 0.3) is 0 Å². The summed E-state index contributed by atoms with van der Waals surface area (Å²) in [4.78, 5) is 17.2. The van der Waals surface area contributed by atoms with Crippen molar-refractivity contribution in [2.75, 3.05) is 32.7 Å². The molecule has 1 aliphatic heterocycles. The van der Waals surface area contributed by atoms with Gasteiger partial charge in [-0.15, -0.1) is 0 Å². The molecule has 1 saturated heterocycles. The van der Waals surface area contributed by atoms with Crippen LogP contribution in [0.2, 0.25) is 0 Å². The van der Waals surface area contributed by atoms with Crippen molar-refractivity contribution >= 4 is 5.91 Å². The minimum Gasteiger partial charge on any atom is -0.351 e. The largest absolute Gasteiger partial charge is 0.351 e. The number of benzene rings is 1. The second-order valence-corrected chi connectivity index (χ2v) is 7.66. The van der Waals surface area contributed by atoms with E-state index in [1.165, 1.54) is 24.9 Å². The molecule has 4 nitrogen and oxygen atoms in total. The van der Waals surface area contributed by atoms with Crippen molar-refractivity contribution in [2.24, 2.45) is 5.92 Å². The highest BCUT2D eigenvalue weighted by Gasteiger charge is 2.16. The fraction of sp³-hybridized carbons (Fsp3) is 0.667. The van der Waals surface area contributed by atoms with Crippen molar-refractivity contribution < 1.29 is 4.79 Å². The molecule has 0 bridgehead atoms. The molecule has 25 heavy (non-hydrogen) atoms. The highest BCUT2D eigenvalue weighted by atomic mass is 16.1. The van der Waals surface area contributed by atoms with E-state index in [9.17, 15) is 4.79 Å². The molecule has 1 aromatic carbocycles. The maximum absolute atomic E-state index is 12.3. The van der Waals surface area contributed by atoms with Crippen LogP contribution in [0.1, 0.15) is 56.5 Å². The summed E-state index contributed by atoms with van der Waals surface area (Å²) in [5.74, 6) is 0.818. The average Bonchev–Trinajstić information content (AvgIpc) is 2.60. The van der Waals surface area contributed by atoms with Crippen molar-refractivity contribution in [3.8, 4) is 0 Å². The summed E-state index contributed by atoms with van der Waals surface area (Å²) in [5.41, 5.74) is 2.01. The Labute approximate surface area is 153 Å². The minimum atomic E-state index is 0.0350. The van der Waals surface area contributed by atoms with Gasteiger partial charge in [-0.1, -0.05) is 26.0 Å². The van der Waals surface area contributed by atoms with Gasteiger partial charge in [-0.25, -0.2) is 0 Å². The van der Waals surface area contributed by atoms with E-state index in [0.717, 1.165) is 44.2 Å².